The van der Waals surface area contributed by atoms with Crippen molar-refractivity contribution in [2.75, 3.05) is 0 Å². The van der Waals surface area contributed by atoms with Gasteiger partial charge in [0.15, 0.2) is 6.17 Å². The van der Waals surface area contributed by atoms with Crippen molar-refractivity contribution in [3.05, 3.63) is 24.0 Å². The molecule has 1 heterocycles. The highest BCUT2D eigenvalue weighted by atomic mass is 19.1. The van der Waals surface area contributed by atoms with Crippen LogP contribution in [0.5, 0.6) is 0 Å². The maximum absolute atomic E-state index is 15.1. The number of hydrogen-bond donors (Lipinski definition) is 2. The molecule has 28 heavy (non-hydrogen) atoms. The number of aliphatic hydroxyl groups excluding tert-OH is 1. The minimum atomic E-state index is -1.15. The lowest BCUT2D eigenvalue weighted by molar-refractivity contribution is -0.137. The number of carbonyl (C=O) groups is 1. The Morgan fingerprint density at radius 2 is 2.11 bits per heavy atom. The molecule has 0 aromatic heterocycles. The molecule has 2 rings (SSSR count). The van der Waals surface area contributed by atoms with E-state index >= 15 is 4.39 Å². The highest BCUT2D eigenvalue weighted by Crippen LogP contribution is 2.49. The fourth-order valence-electron chi connectivity index (χ4n) is 4.50. The molecule has 0 radical (unpaired) electrons. The number of aliphatic hydroxyl groups is 1. The van der Waals surface area contributed by atoms with Crippen molar-refractivity contribution in [2.24, 2.45) is 23.2 Å². The summed E-state index contributed by atoms with van der Waals surface area (Å²) in [5.41, 5.74) is -0.190. The van der Waals surface area contributed by atoms with Gasteiger partial charge in [-0.1, -0.05) is 52.7 Å². The predicted octanol–water partition coefficient (Wildman–Crippen LogP) is 5.27. The number of ether oxygens (including phenoxy) is 1. The summed E-state index contributed by atoms with van der Waals surface area (Å²) in [6.07, 6.45) is 8.81. The fourth-order valence-corrected chi connectivity index (χ4v) is 4.50. The van der Waals surface area contributed by atoms with Crippen LogP contribution >= 0.6 is 0 Å². The number of fused-ring (bicyclic) bond motifs is 1. The van der Waals surface area contributed by atoms with Gasteiger partial charge in [0.1, 0.15) is 11.9 Å². The molecule has 0 aromatic rings. The van der Waals surface area contributed by atoms with E-state index in [-0.39, 0.29) is 29.8 Å². The van der Waals surface area contributed by atoms with Crippen LogP contribution in [0.25, 0.3) is 0 Å². The average molecular weight is 397 g/mol. The lowest BCUT2D eigenvalue weighted by atomic mass is 9.80. The molecule has 2 aliphatic rings. The Hall–Kier alpha value is -1.36. The van der Waals surface area contributed by atoms with Gasteiger partial charge in [-0.05, 0) is 49.0 Å². The third-order valence-corrected chi connectivity index (χ3v) is 6.46. The minimum absolute atomic E-state index is 0.0431. The number of unbranched alkanes of at least 4 members (excludes halogenated alkanes) is 2. The Kier molecular flexibility index (Phi) is 8.11. The van der Waals surface area contributed by atoms with E-state index < -0.39 is 18.2 Å². The van der Waals surface area contributed by atoms with Gasteiger partial charge < -0.3 is 14.9 Å². The molecule has 1 saturated heterocycles. The first-order chi connectivity index (χ1) is 13.2. The zero-order chi connectivity index (χ0) is 20.9. The van der Waals surface area contributed by atoms with Crippen LogP contribution in [0.1, 0.15) is 72.6 Å². The molecule has 1 unspecified atom stereocenters. The number of hydrogen-bond acceptors (Lipinski definition) is 3. The summed E-state index contributed by atoms with van der Waals surface area (Å²) in [4.78, 5) is 10.6. The summed E-state index contributed by atoms with van der Waals surface area (Å²) in [6, 6.07) is 0. The largest absolute Gasteiger partial charge is 0.492 e. The summed E-state index contributed by atoms with van der Waals surface area (Å²) >= 11 is 0. The second kappa shape index (κ2) is 9.91. The van der Waals surface area contributed by atoms with Gasteiger partial charge in [0, 0.05) is 12.3 Å². The Morgan fingerprint density at radius 3 is 2.75 bits per heavy atom. The fraction of sp³-hybridized carbons (Fsp3) is 0.783. The molecule has 0 bridgehead atoms. The maximum Gasteiger partial charge on any atom is 0.303 e. The first kappa shape index (κ1) is 22.9. The third-order valence-electron chi connectivity index (χ3n) is 6.46. The Bertz CT molecular complexity index is 583. The van der Waals surface area contributed by atoms with Gasteiger partial charge in [0.05, 0.1) is 6.10 Å². The van der Waals surface area contributed by atoms with E-state index in [0.717, 1.165) is 25.7 Å². The second-order valence-corrected chi connectivity index (χ2v) is 9.24. The van der Waals surface area contributed by atoms with E-state index in [9.17, 15) is 9.90 Å². The third kappa shape index (κ3) is 5.59. The molecule has 0 spiro atoms. The van der Waals surface area contributed by atoms with Crippen LogP contribution in [0.15, 0.2) is 24.0 Å². The number of carboxylic acids is 1. The molecule has 2 fully saturated rings. The molecule has 4 nitrogen and oxygen atoms in total. The Morgan fingerprint density at radius 1 is 1.39 bits per heavy atom. The normalized spacial score (nSPS) is 32.6. The molecule has 2 N–H and O–H groups in total. The molecule has 1 saturated carbocycles. The summed E-state index contributed by atoms with van der Waals surface area (Å²) in [5.74, 6) is -0.332. The Balaban J connectivity index is 2.00. The van der Waals surface area contributed by atoms with Crippen molar-refractivity contribution in [1.29, 1.82) is 0 Å². The average Bonchev–Trinajstić information content (AvgIpc) is 3.09. The van der Waals surface area contributed by atoms with Crippen molar-refractivity contribution >= 4 is 5.97 Å². The van der Waals surface area contributed by atoms with E-state index in [1.165, 1.54) is 0 Å². The van der Waals surface area contributed by atoms with Crippen molar-refractivity contribution in [3.63, 3.8) is 0 Å². The zero-order valence-electron chi connectivity index (χ0n) is 17.7. The van der Waals surface area contributed by atoms with Gasteiger partial charge in [-0.2, -0.15) is 0 Å². The number of aliphatic carboxylic acids is 1. The maximum atomic E-state index is 15.1. The van der Waals surface area contributed by atoms with Crippen molar-refractivity contribution in [2.45, 2.75) is 91.0 Å². The van der Waals surface area contributed by atoms with Crippen LogP contribution in [0, 0.1) is 23.2 Å². The van der Waals surface area contributed by atoms with E-state index in [1.54, 1.807) is 6.08 Å². The molecule has 1 aliphatic heterocycles. The van der Waals surface area contributed by atoms with Crippen molar-refractivity contribution in [3.8, 4) is 0 Å². The number of rotatable bonds is 10. The lowest BCUT2D eigenvalue weighted by Gasteiger charge is -2.29. The van der Waals surface area contributed by atoms with Gasteiger partial charge in [0.25, 0.3) is 0 Å². The highest BCUT2D eigenvalue weighted by Gasteiger charge is 2.52. The molecule has 6 atom stereocenters. The highest BCUT2D eigenvalue weighted by molar-refractivity contribution is 5.66. The quantitative estimate of drug-likeness (QED) is 0.390. The molecule has 0 aromatic carbocycles. The van der Waals surface area contributed by atoms with Crippen LogP contribution in [0.2, 0.25) is 0 Å². The van der Waals surface area contributed by atoms with E-state index in [0.29, 0.717) is 24.5 Å². The topological polar surface area (TPSA) is 66.8 Å². The lowest BCUT2D eigenvalue weighted by Crippen LogP contribution is -2.28. The second-order valence-electron chi connectivity index (χ2n) is 9.24. The van der Waals surface area contributed by atoms with Crippen LogP contribution < -0.4 is 0 Å². The molecule has 160 valence electrons. The van der Waals surface area contributed by atoms with Crippen LogP contribution in [-0.2, 0) is 9.53 Å². The van der Waals surface area contributed by atoms with Gasteiger partial charge in [-0.15, -0.1) is 0 Å². The smallest absolute Gasteiger partial charge is 0.303 e. The number of carboxylic acid groups (broad SMARTS) is 1. The van der Waals surface area contributed by atoms with Crippen LogP contribution in [0.3, 0.4) is 0 Å². The van der Waals surface area contributed by atoms with Crippen LogP contribution in [-0.4, -0.2) is 34.6 Å². The van der Waals surface area contributed by atoms with Crippen molar-refractivity contribution in [1.82, 2.24) is 0 Å². The number of halogens is 1. The summed E-state index contributed by atoms with van der Waals surface area (Å²) in [7, 11) is 0. The Labute approximate surface area is 168 Å². The molecular weight excluding hydrogens is 359 g/mol. The molecule has 0 amide bonds. The zero-order valence-corrected chi connectivity index (χ0v) is 17.7. The predicted molar refractivity (Wildman–Crippen MR) is 109 cm³/mol. The van der Waals surface area contributed by atoms with E-state index in [2.05, 4.69) is 27.7 Å². The van der Waals surface area contributed by atoms with Gasteiger partial charge >= 0.3 is 5.97 Å². The SMILES string of the molecule is CCCCC(C)(C)[C@H](O)C=C[C@@H]1[C@H]2C(F)C(=CCCCC(=O)O)O[C@H]2C[C@H]1C. The monoisotopic (exact) mass is 396 g/mol. The molecule has 5 heteroatoms. The van der Waals surface area contributed by atoms with Gasteiger partial charge in [-0.3, -0.25) is 4.79 Å². The van der Waals surface area contributed by atoms with Gasteiger partial charge in [-0.25, -0.2) is 4.39 Å². The van der Waals surface area contributed by atoms with Gasteiger partial charge in [0.2, 0.25) is 0 Å². The first-order valence-electron chi connectivity index (χ1n) is 10.8. The summed E-state index contributed by atoms with van der Waals surface area (Å²) in [6.45, 7) is 8.42. The first-order valence-corrected chi connectivity index (χ1v) is 10.8. The number of allylic oxidation sites excluding steroid dienone is 3. The minimum Gasteiger partial charge on any atom is -0.492 e. The number of alkyl halides is 1. The summed E-state index contributed by atoms with van der Waals surface area (Å²) < 4.78 is 20.9. The molecular formula is C23H37FO4. The van der Waals surface area contributed by atoms with Crippen LogP contribution in [0.4, 0.5) is 4.39 Å². The van der Waals surface area contributed by atoms with E-state index in [1.807, 2.05) is 12.2 Å². The van der Waals surface area contributed by atoms with Crippen molar-refractivity contribution < 1.29 is 24.1 Å². The molecule has 1 aliphatic carbocycles. The summed E-state index contributed by atoms with van der Waals surface area (Å²) in [5, 5.41) is 19.3. The van der Waals surface area contributed by atoms with E-state index in [4.69, 9.17) is 9.84 Å². The standard InChI is InChI=1S/C23H37FO4/c1-5-6-13-23(3,4)19(25)12-11-16-15(2)14-18-21(16)22(24)17(28-18)9-7-8-10-20(26)27/h9,11-12,15-16,18-19,21-22,25H,5-8,10,13-14H2,1-4H3,(H,26,27)/t15-,16+,18+,19-,21-,22?/m1/s1.